The molecule has 1 aliphatic carbocycles. The highest BCUT2D eigenvalue weighted by molar-refractivity contribution is 7.12. The van der Waals surface area contributed by atoms with Gasteiger partial charge in [-0.05, 0) is 24.8 Å². The highest BCUT2D eigenvalue weighted by atomic mass is 32.1. The fourth-order valence-corrected chi connectivity index (χ4v) is 3.68. The summed E-state index contributed by atoms with van der Waals surface area (Å²) in [5.74, 6) is 0. The third kappa shape index (κ3) is 1.98. The Labute approximate surface area is 112 Å². The first-order valence-corrected chi connectivity index (χ1v) is 7.44. The van der Waals surface area contributed by atoms with E-state index in [0.29, 0.717) is 0 Å². The molecule has 1 unspecified atom stereocenters. The fraction of sp³-hybridized carbons (Fsp3) is 0.400. The molecule has 0 radical (unpaired) electrons. The molecule has 18 heavy (non-hydrogen) atoms. The second-order valence-electron chi connectivity index (χ2n) is 4.88. The normalized spacial score (nSPS) is 15.0. The number of nitrogens with two attached hydrogens (primary N) is 1. The molecule has 0 saturated heterocycles. The lowest BCUT2D eigenvalue weighted by molar-refractivity contribution is 0.635. The number of hydrogen-bond acceptors (Lipinski definition) is 3. The van der Waals surface area contributed by atoms with E-state index in [1.54, 1.807) is 0 Å². The van der Waals surface area contributed by atoms with Crippen LogP contribution in [0.3, 0.4) is 0 Å². The van der Waals surface area contributed by atoms with Crippen molar-refractivity contribution in [3.8, 4) is 11.3 Å². The molecule has 1 atom stereocenters. The zero-order valence-electron chi connectivity index (χ0n) is 10.6. The lowest BCUT2D eigenvalue weighted by atomic mass is 9.94. The number of thiazole rings is 1. The molecule has 2 aromatic rings. The van der Waals surface area contributed by atoms with Crippen molar-refractivity contribution in [2.24, 2.45) is 5.73 Å². The highest BCUT2D eigenvalue weighted by Crippen LogP contribution is 2.37. The summed E-state index contributed by atoms with van der Waals surface area (Å²) in [4.78, 5) is 6.22. The van der Waals surface area contributed by atoms with Crippen molar-refractivity contribution in [1.82, 2.24) is 4.98 Å². The van der Waals surface area contributed by atoms with Gasteiger partial charge in [0.25, 0.3) is 0 Å². The Hall–Kier alpha value is -1.19. The smallest absolute Gasteiger partial charge is 0.110 e. The van der Waals surface area contributed by atoms with Gasteiger partial charge in [-0.1, -0.05) is 37.6 Å². The summed E-state index contributed by atoms with van der Waals surface area (Å²) in [7, 11) is 0. The maximum atomic E-state index is 6.19. The molecule has 1 aromatic heterocycles. The summed E-state index contributed by atoms with van der Waals surface area (Å²) in [6.07, 6.45) is 4.38. The molecule has 1 heterocycles. The number of hydrogen-bond donors (Lipinski definition) is 1. The van der Waals surface area contributed by atoms with Crippen molar-refractivity contribution < 1.29 is 0 Å². The molecule has 0 amide bonds. The van der Waals surface area contributed by atoms with E-state index >= 15 is 0 Å². The number of aromatic nitrogens is 1. The molecule has 3 heteroatoms. The lowest BCUT2D eigenvalue weighted by Gasteiger charge is -2.13. The predicted octanol–water partition coefficient (Wildman–Crippen LogP) is 3.71. The fourth-order valence-electron chi connectivity index (χ4n) is 2.56. The number of fused-ring (bicyclic) bond motifs is 3. The van der Waals surface area contributed by atoms with Gasteiger partial charge in [0, 0.05) is 10.4 Å². The predicted molar refractivity (Wildman–Crippen MR) is 76.8 cm³/mol. The summed E-state index contributed by atoms with van der Waals surface area (Å²) >= 11 is 1.81. The topological polar surface area (TPSA) is 38.9 Å². The van der Waals surface area contributed by atoms with Crippen molar-refractivity contribution in [3.05, 3.63) is 39.7 Å². The molecule has 3 rings (SSSR count). The standard InChI is InChI=1S/C15H18N2S/c1-2-5-12(16)15-17-14-11-7-4-3-6-10(11)8-9-13(14)18-15/h3-4,6-7,12H,2,5,8-9,16H2,1H3. The van der Waals surface area contributed by atoms with Gasteiger partial charge in [0.15, 0.2) is 0 Å². The Kier molecular flexibility index (Phi) is 3.18. The van der Waals surface area contributed by atoms with E-state index in [2.05, 4.69) is 31.2 Å². The summed E-state index contributed by atoms with van der Waals surface area (Å²) < 4.78 is 0. The first-order chi connectivity index (χ1) is 8.79. The molecule has 1 aromatic carbocycles. The molecular formula is C15H18N2S. The van der Waals surface area contributed by atoms with Crippen molar-refractivity contribution >= 4 is 11.3 Å². The van der Waals surface area contributed by atoms with Crippen LogP contribution in [0, 0.1) is 0 Å². The molecule has 0 bridgehead atoms. The van der Waals surface area contributed by atoms with E-state index in [4.69, 9.17) is 10.7 Å². The molecular weight excluding hydrogens is 240 g/mol. The molecule has 94 valence electrons. The number of benzene rings is 1. The summed E-state index contributed by atoms with van der Waals surface area (Å²) in [5.41, 5.74) is 10.1. The van der Waals surface area contributed by atoms with Crippen LogP contribution in [0.5, 0.6) is 0 Å². The Morgan fingerprint density at radius 1 is 1.33 bits per heavy atom. The van der Waals surface area contributed by atoms with Crippen LogP contribution in [0.2, 0.25) is 0 Å². The third-order valence-corrected chi connectivity index (χ3v) is 4.77. The molecule has 0 saturated carbocycles. The molecule has 0 spiro atoms. The van der Waals surface area contributed by atoms with Crippen molar-refractivity contribution in [1.29, 1.82) is 0 Å². The van der Waals surface area contributed by atoms with E-state index in [9.17, 15) is 0 Å². The zero-order chi connectivity index (χ0) is 12.5. The van der Waals surface area contributed by atoms with Crippen molar-refractivity contribution in [2.75, 3.05) is 0 Å². The van der Waals surface area contributed by atoms with Crippen LogP contribution in [-0.2, 0) is 12.8 Å². The Morgan fingerprint density at radius 3 is 3.00 bits per heavy atom. The quantitative estimate of drug-likeness (QED) is 0.911. The maximum absolute atomic E-state index is 6.19. The van der Waals surface area contributed by atoms with Crippen LogP contribution in [0.1, 0.15) is 41.3 Å². The number of nitrogens with zero attached hydrogens (tertiary/aromatic N) is 1. The van der Waals surface area contributed by atoms with Gasteiger partial charge in [-0.25, -0.2) is 4.98 Å². The van der Waals surface area contributed by atoms with E-state index in [-0.39, 0.29) is 6.04 Å². The lowest BCUT2D eigenvalue weighted by Crippen LogP contribution is -2.09. The maximum Gasteiger partial charge on any atom is 0.110 e. The molecule has 1 aliphatic rings. The number of rotatable bonds is 3. The van der Waals surface area contributed by atoms with E-state index in [0.717, 1.165) is 30.7 Å². The second-order valence-corrected chi connectivity index (χ2v) is 5.99. The van der Waals surface area contributed by atoms with Crippen molar-refractivity contribution in [2.45, 2.75) is 38.6 Å². The van der Waals surface area contributed by atoms with Gasteiger partial charge in [-0.15, -0.1) is 11.3 Å². The zero-order valence-corrected chi connectivity index (χ0v) is 11.5. The van der Waals surface area contributed by atoms with Crippen LogP contribution in [0.15, 0.2) is 24.3 Å². The van der Waals surface area contributed by atoms with E-state index in [1.165, 1.54) is 21.7 Å². The summed E-state index contributed by atoms with van der Waals surface area (Å²) in [5, 5.41) is 1.11. The minimum Gasteiger partial charge on any atom is -0.322 e. The van der Waals surface area contributed by atoms with Gasteiger partial charge in [0.05, 0.1) is 11.7 Å². The second kappa shape index (κ2) is 4.82. The molecule has 0 aliphatic heterocycles. The van der Waals surface area contributed by atoms with Gasteiger partial charge in [0.2, 0.25) is 0 Å². The average Bonchev–Trinajstić information content (AvgIpc) is 2.83. The molecule has 0 fully saturated rings. The number of aryl methyl sites for hydroxylation is 2. The van der Waals surface area contributed by atoms with Gasteiger partial charge >= 0.3 is 0 Å². The Balaban J connectivity index is 2.01. The van der Waals surface area contributed by atoms with Crippen molar-refractivity contribution in [3.63, 3.8) is 0 Å². The Morgan fingerprint density at radius 2 is 2.17 bits per heavy atom. The van der Waals surface area contributed by atoms with Gasteiger partial charge in [0.1, 0.15) is 5.01 Å². The van der Waals surface area contributed by atoms with Crippen LogP contribution in [-0.4, -0.2) is 4.98 Å². The van der Waals surface area contributed by atoms with E-state index < -0.39 is 0 Å². The van der Waals surface area contributed by atoms with Gasteiger partial charge in [-0.3, -0.25) is 0 Å². The van der Waals surface area contributed by atoms with Crippen LogP contribution in [0.25, 0.3) is 11.3 Å². The monoisotopic (exact) mass is 258 g/mol. The first kappa shape index (κ1) is 11.9. The van der Waals surface area contributed by atoms with Crippen LogP contribution < -0.4 is 5.73 Å². The first-order valence-electron chi connectivity index (χ1n) is 6.63. The largest absolute Gasteiger partial charge is 0.322 e. The highest BCUT2D eigenvalue weighted by Gasteiger charge is 2.22. The SMILES string of the molecule is CCCC(N)c1nc2c(s1)CCc1ccccc1-2. The molecule has 2 nitrogen and oxygen atoms in total. The Bertz CT molecular complexity index is 559. The minimum absolute atomic E-state index is 0.109. The summed E-state index contributed by atoms with van der Waals surface area (Å²) in [6, 6.07) is 8.71. The minimum atomic E-state index is 0.109. The van der Waals surface area contributed by atoms with Gasteiger partial charge in [-0.2, -0.15) is 0 Å². The molecule has 2 N–H and O–H groups in total. The van der Waals surface area contributed by atoms with Crippen LogP contribution >= 0.6 is 11.3 Å². The third-order valence-electron chi connectivity index (χ3n) is 3.52. The van der Waals surface area contributed by atoms with Gasteiger partial charge < -0.3 is 5.73 Å². The summed E-state index contributed by atoms with van der Waals surface area (Å²) in [6.45, 7) is 2.17. The van der Waals surface area contributed by atoms with Crippen LogP contribution in [0.4, 0.5) is 0 Å². The van der Waals surface area contributed by atoms with E-state index in [1.807, 2.05) is 11.3 Å². The average molecular weight is 258 g/mol.